The normalized spacial score (nSPS) is 31.3. The highest BCUT2D eigenvalue weighted by atomic mass is 35.5. The van der Waals surface area contributed by atoms with E-state index in [9.17, 15) is 4.79 Å². The van der Waals surface area contributed by atoms with Gasteiger partial charge in [0.05, 0.1) is 0 Å². The Hall–Kier alpha value is -1.10. The molecule has 1 aromatic carbocycles. The zero-order chi connectivity index (χ0) is 14.2. The van der Waals surface area contributed by atoms with Crippen molar-refractivity contribution in [1.29, 1.82) is 0 Å². The summed E-state index contributed by atoms with van der Waals surface area (Å²) in [7, 11) is 1.80. The molecule has 1 saturated carbocycles. The summed E-state index contributed by atoms with van der Waals surface area (Å²) in [6, 6.07) is 7.68. The number of nitrogens with two attached hydrogens (primary N) is 1. The second-order valence-electron chi connectivity index (χ2n) is 5.93. The summed E-state index contributed by atoms with van der Waals surface area (Å²) in [5.41, 5.74) is 6.82. The molecule has 3 rings (SSSR count). The van der Waals surface area contributed by atoms with Gasteiger partial charge < -0.3 is 15.8 Å². The summed E-state index contributed by atoms with van der Waals surface area (Å²) < 4.78 is 6.07. The second-order valence-corrected chi connectivity index (χ2v) is 5.93. The molecule has 3 N–H and O–H groups in total. The molecule has 1 amide bonds. The van der Waals surface area contributed by atoms with Crippen LogP contribution in [0, 0.1) is 11.8 Å². The topological polar surface area (TPSA) is 64.3 Å². The fourth-order valence-electron chi connectivity index (χ4n) is 4.15. The van der Waals surface area contributed by atoms with Crippen molar-refractivity contribution in [3.63, 3.8) is 0 Å². The van der Waals surface area contributed by atoms with Gasteiger partial charge in [0.1, 0.15) is 5.60 Å². The van der Waals surface area contributed by atoms with Crippen molar-refractivity contribution >= 4 is 18.3 Å². The fourth-order valence-corrected chi connectivity index (χ4v) is 4.15. The number of primary amides is 1. The van der Waals surface area contributed by atoms with Crippen LogP contribution in [0.15, 0.2) is 24.3 Å². The molecule has 21 heavy (non-hydrogen) atoms. The van der Waals surface area contributed by atoms with Gasteiger partial charge in [-0.3, -0.25) is 4.79 Å². The molecule has 3 atom stereocenters. The third-order valence-electron chi connectivity index (χ3n) is 5.04. The predicted octanol–water partition coefficient (Wildman–Crippen LogP) is 2.07. The van der Waals surface area contributed by atoms with E-state index in [-0.39, 0.29) is 23.9 Å². The Morgan fingerprint density at radius 2 is 2.00 bits per heavy atom. The summed E-state index contributed by atoms with van der Waals surface area (Å²) in [6.07, 6.45) is 3.59. The number of nitrogens with one attached hydrogen (secondary N) is 1. The number of halogens is 1. The maximum absolute atomic E-state index is 11.4. The average molecular weight is 311 g/mol. The third kappa shape index (κ3) is 2.56. The van der Waals surface area contributed by atoms with E-state index >= 15 is 0 Å². The van der Waals surface area contributed by atoms with E-state index in [0.717, 1.165) is 31.5 Å². The number of piperidine rings is 1. The fraction of sp³-hybridized carbons (Fsp3) is 0.562. The lowest BCUT2D eigenvalue weighted by Crippen LogP contribution is -2.57. The lowest BCUT2D eigenvalue weighted by molar-refractivity contribution is -0.144. The number of rotatable bonds is 3. The van der Waals surface area contributed by atoms with E-state index in [2.05, 4.69) is 11.4 Å². The van der Waals surface area contributed by atoms with Crippen LogP contribution in [0.3, 0.4) is 0 Å². The molecule has 1 aliphatic carbocycles. The predicted molar refractivity (Wildman–Crippen MR) is 84.6 cm³/mol. The van der Waals surface area contributed by atoms with Crippen LogP contribution in [0.2, 0.25) is 0 Å². The van der Waals surface area contributed by atoms with Crippen LogP contribution < -0.4 is 11.1 Å². The van der Waals surface area contributed by atoms with Gasteiger partial charge in [-0.2, -0.15) is 0 Å². The minimum absolute atomic E-state index is 0. The molecule has 2 aliphatic rings. The van der Waals surface area contributed by atoms with Crippen LogP contribution in [0.5, 0.6) is 0 Å². The van der Waals surface area contributed by atoms with Gasteiger partial charge in [-0.1, -0.05) is 18.6 Å². The number of amides is 1. The minimum atomic E-state index is -0.378. The van der Waals surface area contributed by atoms with E-state index in [4.69, 9.17) is 10.5 Å². The van der Waals surface area contributed by atoms with Gasteiger partial charge in [0, 0.05) is 37.6 Å². The molecule has 2 fully saturated rings. The number of methoxy groups -OCH3 is 1. The third-order valence-corrected chi connectivity index (χ3v) is 5.04. The Morgan fingerprint density at radius 1 is 1.33 bits per heavy atom. The highest BCUT2D eigenvalue weighted by Gasteiger charge is 2.51. The number of carbonyl (C=O) groups is 1. The van der Waals surface area contributed by atoms with Crippen molar-refractivity contribution in [2.24, 2.45) is 17.6 Å². The van der Waals surface area contributed by atoms with Crippen LogP contribution in [-0.4, -0.2) is 26.1 Å². The smallest absolute Gasteiger partial charge is 0.248 e. The van der Waals surface area contributed by atoms with Crippen molar-refractivity contribution in [2.45, 2.75) is 24.9 Å². The lowest BCUT2D eigenvalue weighted by atomic mass is 9.63. The Balaban J connectivity index is 0.00000161. The largest absolute Gasteiger partial charge is 0.373 e. The Kier molecular flexibility index (Phi) is 4.91. The van der Waals surface area contributed by atoms with Crippen LogP contribution in [-0.2, 0) is 10.3 Å². The van der Waals surface area contributed by atoms with Crippen molar-refractivity contribution < 1.29 is 9.53 Å². The van der Waals surface area contributed by atoms with Crippen LogP contribution >= 0.6 is 12.4 Å². The van der Waals surface area contributed by atoms with Crippen LogP contribution in [0.4, 0.5) is 0 Å². The first-order valence-electron chi connectivity index (χ1n) is 7.34. The number of fused-ring (bicyclic) bond motifs is 2. The monoisotopic (exact) mass is 310 g/mol. The van der Waals surface area contributed by atoms with E-state index in [0.29, 0.717) is 17.4 Å². The minimum Gasteiger partial charge on any atom is -0.373 e. The molecule has 2 bridgehead atoms. The molecule has 4 nitrogen and oxygen atoms in total. The van der Waals surface area contributed by atoms with Crippen molar-refractivity contribution in [2.75, 3.05) is 20.2 Å². The Bertz CT molecular complexity index is 499. The lowest BCUT2D eigenvalue weighted by Gasteiger charge is -2.52. The zero-order valence-electron chi connectivity index (χ0n) is 12.3. The highest BCUT2D eigenvalue weighted by molar-refractivity contribution is 5.92. The number of hydrogen-bond donors (Lipinski definition) is 2. The number of ether oxygens (including phenoxy) is 1. The van der Waals surface area contributed by atoms with E-state index in [1.165, 1.54) is 6.42 Å². The van der Waals surface area contributed by atoms with Crippen molar-refractivity contribution in [3.05, 3.63) is 35.4 Å². The molecule has 1 saturated heterocycles. The zero-order valence-corrected chi connectivity index (χ0v) is 13.1. The first-order valence-corrected chi connectivity index (χ1v) is 7.34. The first-order chi connectivity index (χ1) is 9.68. The summed E-state index contributed by atoms with van der Waals surface area (Å²) in [5.74, 6) is 0.545. The molecule has 1 heterocycles. The SMILES string of the molecule is COC1(c2cccc(C(N)=O)c2)[C@@H]2CCC[C@H]1CNC2.Cl. The molecular formula is C16H23ClN2O2. The van der Waals surface area contributed by atoms with E-state index < -0.39 is 0 Å². The summed E-state index contributed by atoms with van der Waals surface area (Å²) in [4.78, 5) is 11.4. The number of hydrogen-bond acceptors (Lipinski definition) is 3. The van der Waals surface area contributed by atoms with Gasteiger partial charge in [-0.25, -0.2) is 0 Å². The van der Waals surface area contributed by atoms with Crippen LogP contribution in [0.25, 0.3) is 0 Å². The molecular weight excluding hydrogens is 288 g/mol. The molecule has 1 aliphatic heterocycles. The Labute approximate surface area is 131 Å². The van der Waals surface area contributed by atoms with Crippen molar-refractivity contribution in [1.82, 2.24) is 5.32 Å². The molecule has 1 aromatic rings. The van der Waals surface area contributed by atoms with Gasteiger partial charge in [-0.15, -0.1) is 12.4 Å². The maximum Gasteiger partial charge on any atom is 0.248 e. The highest BCUT2D eigenvalue weighted by Crippen LogP contribution is 2.49. The number of carbonyl (C=O) groups excluding carboxylic acids is 1. The molecule has 5 heteroatoms. The Morgan fingerprint density at radius 3 is 2.57 bits per heavy atom. The second kappa shape index (κ2) is 6.34. The van der Waals surface area contributed by atoms with Gasteiger partial charge in [0.15, 0.2) is 0 Å². The van der Waals surface area contributed by atoms with E-state index in [1.807, 2.05) is 12.1 Å². The number of benzene rings is 1. The maximum atomic E-state index is 11.4. The quantitative estimate of drug-likeness (QED) is 0.898. The van der Waals surface area contributed by atoms with Gasteiger partial charge in [0.25, 0.3) is 0 Å². The molecule has 1 unspecified atom stereocenters. The molecule has 0 radical (unpaired) electrons. The van der Waals surface area contributed by atoms with Gasteiger partial charge >= 0.3 is 0 Å². The van der Waals surface area contributed by atoms with Crippen LogP contribution in [0.1, 0.15) is 35.2 Å². The molecule has 0 aromatic heterocycles. The van der Waals surface area contributed by atoms with Gasteiger partial charge in [-0.05, 0) is 30.5 Å². The summed E-state index contributed by atoms with van der Waals surface area (Å²) in [5, 5.41) is 3.51. The van der Waals surface area contributed by atoms with E-state index in [1.54, 1.807) is 13.2 Å². The van der Waals surface area contributed by atoms with Gasteiger partial charge in [0.2, 0.25) is 5.91 Å². The van der Waals surface area contributed by atoms with Crippen molar-refractivity contribution in [3.8, 4) is 0 Å². The molecule has 116 valence electrons. The molecule has 0 spiro atoms. The summed E-state index contributed by atoms with van der Waals surface area (Å²) in [6.45, 7) is 1.95. The summed E-state index contributed by atoms with van der Waals surface area (Å²) >= 11 is 0. The standard InChI is InChI=1S/C16H22N2O2.ClH/c1-20-16(12-5-2-4-11(8-12)15(17)19)13-6-3-7-14(16)10-18-9-13;/h2,4-5,8,13-14,18H,3,6-7,9-10H2,1H3,(H2,17,19);1H/t13-,14+,16?;. The first kappa shape index (κ1) is 16.3. The average Bonchev–Trinajstić information content (AvgIpc) is 2.46.